The van der Waals surface area contributed by atoms with Gasteiger partial charge in [0.05, 0.1) is 17.0 Å². The van der Waals surface area contributed by atoms with Gasteiger partial charge >= 0.3 is 0 Å². The molecule has 0 aliphatic carbocycles. The smallest absolute Gasteiger partial charge is 0.270 e. The number of hydrogen-bond acceptors (Lipinski definition) is 4. The third-order valence-corrected chi connectivity index (χ3v) is 2.94. The topological polar surface area (TPSA) is 92.5 Å². The van der Waals surface area contributed by atoms with Crippen molar-refractivity contribution in [3.8, 4) is 0 Å². The van der Waals surface area contributed by atoms with Gasteiger partial charge in [-0.25, -0.2) is 4.39 Å². The zero-order valence-electron chi connectivity index (χ0n) is 10.5. The van der Waals surface area contributed by atoms with E-state index in [0.717, 1.165) is 18.2 Å². The van der Waals surface area contributed by atoms with Gasteiger partial charge in [-0.3, -0.25) is 19.7 Å². The van der Waals surface area contributed by atoms with Gasteiger partial charge in [0.15, 0.2) is 0 Å². The van der Waals surface area contributed by atoms with E-state index < -0.39 is 22.2 Å². The maximum absolute atomic E-state index is 13.7. The van der Waals surface area contributed by atoms with E-state index in [2.05, 4.69) is 5.32 Å². The van der Waals surface area contributed by atoms with Crippen LogP contribution >= 0.6 is 0 Å². The number of carbonyl (C=O) groups is 2. The maximum atomic E-state index is 13.7. The Hall–Kier alpha value is -2.51. The number of hydrogen-bond donors (Lipinski definition) is 1. The van der Waals surface area contributed by atoms with Crippen LogP contribution < -0.4 is 5.32 Å². The minimum absolute atomic E-state index is 0.180. The third-order valence-electron chi connectivity index (χ3n) is 2.94. The van der Waals surface area contributed by atoms with E-state index in [1.807, 2.05) is 0 Å². The van der Waals surface area contributed by atoms with Crippen LogP contribution in [0.2, 0.25) is 0 Å². The summed E-state index contributed by atoms with van der Waals surface area (Å²) >= 11 is 0. The second kappa shape index (κ2) is 5.64. The first-order valence-corrected chi connectivity index (χ1v) is 5.99. The molecular weight excluding hydrogens is 269 g/mol. The van der Waals surface area contributed by atoms with Crippen molar-refractivity contribution in [1.82, 2.24) is 10.2 Å². The molecule has 0 unspecified atom stereocenters. The van der Waals surface area contributed by atoms with Crippen LogP contribution in [0.25, 0.3) is 0 Å². The van der Waals surface area contributed by atoms with E-state index in [0.29, 0.717) is 19.5 Å². The van der Waals surface area contributed by atoms with Crippen molar-refractivity contribution in [1.29, 1.82) is 0 Å². The number of halogens is 1. The number of nitro benzene ring substituents is 1. The Morgan fingerprint density at radius 2 is 2.20 bits per heavy atom. The van der Waals surface area contributed by atoms with Crippen molar-refractivity contribution in [2.45, 2.75) is 6.42 Å². The molecule has 106 valence electrons. The van der Waals surface area contributed by atoms with Gasteiger partial charge < -0.3 is 10.2 Å². The Labute approximate surface area is 113 Å². The molecule has 1 saturated heterocycles. The van der Waals surface area contributed by atoms with E-state index in [4.69, 9.17) is 0 Å². The van der Waals surface area contributed by atoms with E-state index in [-0.39, 0.29) is 18.1 Å². The first kappa shape index (κ1) is 13.9. The summed E-state index contributed by atoms with van der Waals surface area (Å²) in [5, 5.41) is 13.3. The minimum atomic E-state index is -0.842. The van der Waals surface area contributed by atoms with Crippen LogP contribution in [-0.2, 0) is 4.79 Å². The lowest BCUT2D eigenvalue weighted by Gasteiger charge is -2.19. The number of carbonyl (C=O) groups excluding carboxylic acids is 2. The Morgan fingerprint density at radius 3 is 2.90 bits per heavy atom. The van der Waals surface area contributed by atoms with Crippen molar-refractivity contribution in [2.75, 3.05) is 19.6 Å². The molecule has 1 aliphatic rings. The van der Waals surface area contributed by atoms with Gasteiger partial charge in [0, 0.05) is 25.2 Å². The largest absolute Gasteiger partial charge is 0.354 e. The number of nitrogens with one attached hydrogen (secondary N) is 1. The molecule has 0 bridgehead atoms. The monoisotopic (exact) mass is 281 g/mol. The van der Waals surface area contributed by atoms with Crippen LogP contribution in [0, 0.1) is 15.9 Å². The van der Waals surface area contributed by atoms with Crippen LogP contribution in [0.4, 0.5) is 10.1 Å². The molecule has 8 heteroatoms. The lowest BCUT2D eigenvalue weighted by Crippen LogP contribution is -2.37. The molecule has 0 spiro atoms. The maximum Gasteiger partial charge on any atom is 0.270 e. The molecule has 1 aliphatic heterocycles. The summed E-state index contributed by atoms with van der Waals surface area (Å²) in [5.41, 5.74) is -0.761. The second-order valence-corrected chi connectivity index (χ2v) is 4.35. The van der Waals surface area contributed by atoms with Crippen molar-refractivity contribution in [3.63, 3.8) is 0 Å². The predicted octanol–water partition coefficient (Wildman–Crippen LogP) is 0.696. The molecule has 0 saturated carbocycles. The summed E-state index contributed by atoms with van der Waals surface area (Å²) in [6, 6.07) is 2.75. The fraction of sp³-hybridized carbons (Fsp3) is 0.333. The fourth-order valence-electron chi connectivity index (χ4n) is 1.94. The molecule has 1 heterocycles. The Bertz CT molecular complexity index is 576. The molecule has 0 atom stereocenters. The summed E-state index contributed by atoms with van der Waals surface area (Å²) in [7, 11) is 0. The highest BCUT2D eigenvalue weighted by molar-refractivity contribution is 5.97. The number of nitro groups is 1. The summed E-state index contributed by atoms with van der Waals surface area (Å²) < 4.78 is 13.7. The third kappa shape index (κ3) is 2.90. The Balaban J connectivity index is 2.29. The molecule has 1 N–H and O–H groups in total. The standard InChI is InChI=1S/C12H12FN3O4/c13-10-3-2-8(16(19)20)6-9(10)12(18)15-5-1-4-14-11(17)7-15/h2-3,6H,1,4-5,7H2,(H,14,17). The fourth-order valence-corrected chi connectivity index (χ4v) is 1.94. The van der Waals surface area contributed by atoms with Crippen LogP contribution in [0.3, 0.4) is 0 Å². The van der Waals surface area contributed by atoms with Crippen molar-refractivity contribution < 1.29 is 18.9 Å². The predicted molar refractivity (Wildman–Crippen MR) is 66.6 cm³/mol. The normalized spacial score (nSPS) is 15.4. The van der Waals surface area contributed by atoms with Crippen LogP contribution in [0.5, 0.6) is 0 Å². The molecule has 20 heavy (non-hydrogen) atoms. The zero-order valence-corrected chi connectivity index (χ0v) is 10.5. The highest BCUT2D eigenvalue weighted by Gasteiger charge is 2.25. The summed E-state index contributed by atoms with van der Waals surface area (Å²) in [6.45, 7) is 0.556. The SMILES string of the molecule is O=C1CN(C(=O)c2cc([N+](=O)[O-])ccc2F)CCCN1. The number of amides is 2. The second-order valence-electron chi connectivity index (χ2n) is 4.35. The van der Waals surface area contributed by atoms with Crippen LogP contribution in [0.15, 0.2) is 18.2 Å². The summed E-state index contributed by atoms with van der Waals surface area (Å²) in [5.74, 6) is -1.89. The highest BCUT2D eigenvalue weighted by Crippen LogP contribution is 2.18. The number of nitrogens with zero attached hydrogens (tertiary/aromatic N) is 2. The van der Waals surface area contributed by atoms with Gasteiger partial charge in [-0.15, -0.1) is 0 Å². The molecule has 7 nitrogen and oxygen atoms in total. The Kier molecular flexibility index (Phi) is 3.92. The van der Waals surface area contributed by atoms with Gasteiger partial charge in [-0.2, -0.15) is 0 Å². The number of benzene rings is 1. The first-order chi connectivity index (χ1) is 9.49. The average molecular weight is 281 g/mol. The number of non-ortho nitro benzene ring substituents is 1. The van der Waals surface area contributed by atoms with Crippen molar-refractivity contribution in [3.05, 3.63) is 39.7 Å². The molecule has 1 fully saturated rings. The lowest BCUT2D eigenvalue weighted by molar-refractivity contribution is -0.384. The van der Waals surface area contributed by atoms with Gasteiger partial charge in [0.2, 0.25) is 5.91 Å². The van der Waals surface area contributed by atoms with Crippen LogP contribution in [-0.4, -0.2) is 41.3 Å². The molecular formula is C12H12FN3O4. The summed E-state index contributed by atoms with van der Waals surface area (Å²) in [6.07, 6.45) is 0.550. The van der Waals surface area contributed by atoms with Gasteiger partial charge in [-0.1, -0.05) is 0 Å². The van der Waals surface area contributed by atoms with Crippen LogP contribution in [0.1, 0.15) is 16.8 Å². The van der Waals surface area contributed by atoms with Gasteiger partial charge in [0.1, 0.15) is 5.82 Å². The van der Waals surface area contributed by atoms with E-state index in [1.54, 1.807) is 0 Å². The van der Waals surface area contributed by atoms with E-state index in [9.17, 15) is 24.1 Å². The molecule has 0 aromatic heterocycles. The zero-order chi connectivity index (χ0) is 14.7. The van der Waals surface area contributed by atoms with E-state index >= 15 is 0 Å². The first-order valence-electron chi connectivity index (χ1n) is 5.99. The molecule has 1 aromatic rings. The molecule has 2 rings (SSSR count). The van der Waals surface area contributed by atoms with Gasteiger partial charge in [-0.05, 0) is 12.5 Å². The number of rotatable bonds is 2. The quantitative estimate of drug-likeness (QED) is 0.637. The molecule has 0 radical (unpaired) electrons. The van der Waals surface area contributed by atoms with Crippen molar-refractivity contribution in [2.24, 2.45) is 0 Å². The summed E-state index contributed by atoms with van der Waals surface area (Å²) in [4.78, 5) is 34.7. The van der Waals surface area contributed by atoms with Gasteiger partial charge in [0.25, 0.3) is 11.6 Å². The molecule has 1 aromatic carbocycles. The molecule has 2 amide bonds. The lowest BCUT2D eigenvalue weighted by atomic mass is 10.1. The Morgan fingerprint density at radius 1 is 1.45 bits per heavy atom. The minimum Gasteiger partial charge on any atom is -0.354 e. The van der Waals surface area contributed by atoms with E-state index in [1.165, 1.54) is 4.90 Å². The highest BCUT2D eigenvalue weighted by atomic mass is 19.1. The average Bonchev–Trinajstić information content (AvgIpc) is 2.63. The van der Waals surface area contributed by atoms with Crippen molar-refractivity contribution >= 4 is 17.5 Å².